The Kier molecular flexibility index (Phi) is 8.47. The Morgan fingerprint density at radius 1 is 0.354 bits per heavy atom. The van der Waals surface area contributed by atoms with Gasteiger partial charge in [0.2, 0.25) is 0 Å². The van der Waals surface area contributed by atoms with E-state index in [-0.39, 0.29) is 0 Å². The highest BCUT2D eigenvalue weighted by Gasteiger charge is 2.45. The fourth-order valence-electron chi connectivity index (χ4n) is 11.0. The molecule has 0 saturated heterocycles. The van der Waals surface area contributed by atoms with Crippen molar-refractivity contribution in [2.45, 2.75) is 5.41 Å². The number of hydrogen-bond acceptors (Lipinski definition) is 1. The van der Waals surface area contributed by atoms with Gasteiger partial charge in [-0.1, -0.05) is 194 Å². The van der Waals surface area contributed by atoms with E-state index in [4.69, 9.17) is 0 Å². The second-order valence-corrected chi connectivity index (χ2v) is 17.2. The zero-order valence-corrected chi connectivity index (χ0v) is 35.6. The van der Waals surface area contributed by atoms with E-state index in [2.05, 4.69) is 264 Å². The Hall–Kier alpha value is -8.46. The monoisotopic (exact) mass is 826 g/mol. The van der Waals surface area contributed by atoms with Crippen molar-refractivity contribution in [3.8, 4) is 27.9 Å². The zero-order valence-electron chi connectivity index (χ0n) is 35.6. The van der Waals surface area contributed by atoms with Gasteiger partial charge in [-0.25, -0.2) is 0 Å². The first-order valence-corrected chi connectivity index (χ1v) is 22.5. The quantitative estimate of drug-likeness (QED) is 0.155. The van der Waals surface area contributed by atoms with Gasteiger partial charge < -0.3 is 9.47 Å². The molecule has 1 aliphatic carbocycles. The minimum atomic E-state index is -0.483. The summed E-state index contributed by atoms with van der Waals surface area (Å²) in [6.07, 6.45) is 0. The number of benzene rings is 11. The Labute approximate surface area is 378 Å². The summed E-state index contributed by atoms with van der Waals surface area (Å²) < 4.78 is 2.48. The van der Waals surface area contributed by atoms with Gasteiger partial charge in [-0.3, -0.25) is 0 Å². The van der Waals surface area contributed by atoms with Crippen LogP contribution in [0.15, 0.2) is 255 Å². The van der Waals surface area contributed by atoms with E-state index in [1.165, 1.54) is 87.9 Å². The summed E-state index contributed by atoms with van der Waals surface area (Å²) in [5, 5.41) is 7.29. The van der Waals surface area contributed by atoms with Crippen LogP contribution >= 0.6 is 0 Å². The van der Waals surface area contributed by atoms with Gasteiger partial charge in [0.05, 0.1) is 22.1 Å². The van der Waals surface area contributed by atoms with Crippen molar-refractivity contribution in [2.24, 2.45) is 0 Å². The summed E-state index contributed by atoms with van der Waals surface area (Å²) in [6.45, 7) is 0. The fourth-order valence-corrected chi connectivity index (χ4v) is 11.0. The number of fused-ring (bicyclic) bond motifs is 9. The van der Waals surface area contributed by atoms with Crippen molar-refractivity contribution >= 4 is 60.4 Å². The van der Waals surface area contributed by atoms with E-state index < -0.39 is 5.41 Å². The van der Waals surface area contributed by atoms with Crippen molar-refractivity contribution in [1.29, 1.82) is 0 Å². The number of hydrogen-bond donors (Lipinski definition) is 0. The van der Waals surface area contributed by atoms with E-state index in [1.807, 2.05) is 0 Å². The first-order chi connectivity index (χ1) is 32.3. The molecule has 0 aliphatic heterocycles. The van der Waals surface area contributed by atoms with Crippen LogP contribution in [0.5, 0.6) is 0 Å². The molecule has 0 fully saturated rings. The molecule has 65 heavy (non-hydrogen) atoms. The summed E-state index contributed by atoms with van der Waals surface area (Å²) >= 11 is 0. The second-order valence-electron chi connectivity index (χ2n) is 17.2. The first kappa shape index (κ1) is 37.1. The van der Waals surface area contributed by atoms with Crippen LogP contribution in [0.4, 0.5) is 17.1 Å². The van der Waals surface area contributed by atoms with Gasteiger partial charge in [-0.2, -0.15) is 0 Å². The molecule has 304 valence electrons. The predicted octanol–water partition coefficient (Wildman–Crippen LogP) is 16.6. The van der Waals surface area contributed by atoms with E-state index in [9.17, 15) is 0 Å². The molecule has 11 aromatic carbocycles. The lowest BCUT2D eigenvalue weighted by Gasteiger charge is -2.34. The third kappa shape index (κ3) is 5.67. The molecule has 1 aromatic heterocycles. The van der Waals surface area contributed by atoms with E-state index in [0.717, 1.165) is 22.7 Å². The SMILES string of the molecule is c1ccc(N(c2ccc(C3(c4ccccc4)c4ccccc4-c4ccccc43)cc2)c2cc3ccccc3c3c2c2cc(-c4ccc5ccccc5c4)ccc2n3-c2ccccc2)cc1. The van der Waals surface area contributed by atoms with Crippen molar-refractivity contribution in [2.75, 3.05) is 4.90 Å². The Bertz CT molecular complexity index is 3710. The molecule has 12 aromatic rings. The average molecular weight is 827 g/mol. The summed E-state index contributed by atoms with van der Waals surface area (Å²) in [7, 11) is 0. The van der Waals surface area contributed by atoms with Crippen LogP contribution in [-0.2, 0) is 5.41 Å². The molecule has 0 N–H and O–H groups in total. The van der Waals surface area contributed by atoms with Crippen LogP contribution in [-0.4, -0.2) is 4.57 Å². The molecule has 1 heterocycles. The molecule has 13 rings (SSSR count). The third-order valence-corrected chi connectivity index (χ3v) is 13.8. The predicted molar refractivity (Wildman–Crippen MR) is 273 cm³/mol. The van der Waals surface area contributed by atoms with E-state index in [1.54, 1.807) is 0 Å². The van der Waals surface area contributed by atoms with Crippen molar-refractivity contribution in [1.82, 2.24) is 4.57 Å². The van der Waals surface area contributed by atoms with Crippen LogP contribution in [0.25, 0.3) is 71.3 Å². The number of rotatable bonds is 7. The smallest absolute Gasteiger partial charge is 0.0713 e. The van der Waals surface area contributed by atoms with Gasteiger partial charge in [0, 0.05) is 33.2 Å². The van der Waals surface area contributed by atoms with Gasteiger partial charge in [-0.05, 0) is 121 Å². The number of anilines is 3. The van der Waals surface area contributed by atoms with Gasteiger partial charge in [0.15, 0.2) is 0 Å². The zero-order chi connectivity index (χ0) is 42.9. The van der Waals surface area contributed by atoms with Crippen molar-refractivity contribution in [3.63, 3.8) is 0 Å². The summed E-state index contributed by atoms with van der Waals surface area (Å²) in [4.78, 5) is 2.47. The molecular weight excluding hydrogens is 785 g/mol. The average Bonchev–Trinajstić information content (AvgIpc) is 3.89. The number of aromatic nitrogens is 1. The van der Waals surface area contributed by atoms with Crippen molar-refractivity contribution in [3.05, 3.63) is 277 Å². The molecule has 0 radical (unpaired) electrons. The highest BCUT2D eigenvalue weighted by molar-refractivity contribution is 6.25. The Morgan fingerprint density at radius 2 is 0.892 bits per heavy atom. The fraction of sp³-hybridized carbons (Fsp3) is 0.0159. The van der Waals surface area contributed by atoms with Crippen LogP contribution in [0.2, 0.25) is 0 Å². The Morgan fingerprint density at radius 3 is 1.62 bits per heavy atom. The van der Waals surface area contributed by atoms with Crippen LogP contribution in [0, 0.1) is 0 Å². The minimum Gasteiger partial charge on any atom is -0.310 e. The van der Waals surface area contributed by atoms with Crippen molar-refractivity contribution < 1.29 is 0 Å². The molecule has 0 spiro atoms. The maximum atomic E-state index is 2.48. The van der Waals surface area contributed by atoms with Crippen LogP contribution < -0.4 is 4.90 Å². The summed E-state index contributed by atoms with van der Waals surface area (Å²) in [5.74, 6) is 0. The lowest BCUT2D eigenvalue weighted by atomic mass is 9.68. The molecule has 0 bridgehead atoms. The Balaban J connectivity index is 1.09. The van der Waals surface area contributed by atoms with Crippen LogP contribution in [0.1, 0.15) is 22.3 Å². The molecule has 0 unspecified atom stereocenters. The largest absolute Gasteiger partial charge is 0.310 e. The topological polar surface area (TPSA) is 8.17 Å². The highest BCUT2D eigenvalue weighted by atomic mass is 15.1. The number of para-hydroxylation sites is 2. The molecule has 0 amide bonds. The van der Waals surface area contributed by atoms with Gasteiger partial charge >= 0.3 is 0 Å². The highest BCUT2D eigenvalue weighted by Crippen LogP contribution is 2.56. The minimum absolute atomic E-state index is 0.483. The molecule has 0 atom stereocenters. The lowest BCUT2D eigenvalue weighted by Crippen LogP contribution is -2.28. The molecule has 2 heteroatoms. The standard InChI is InChI=1S/C63H42N2/c1-4-21-48(22-5-1)63(57-30-16-14-28-54(57)55-29-15-17-31-58(55)63)49-35-37-52(38-36-49)64(50-23-6-2-7-24-50)60-42-47-20-12-13-27-53(47)62-61(60)56-41-46(45-33-32-43-18-10-11-19-44(43)40-45)34-39-59(56)65(62)51-25-8-3-9-26-51/h1-42H. The molecular formula is C63H42N2. The third-order valence-electron chi connectivity index (χ3n) is 13.8. The van der Waals surface area contributed by atoms with Gasteiger partial charge in [-0.15, -0.1) is 0 Å². The second kappa shape index (κ2) is 14.8. The maximum absolute atomic E-state index is 2.48. The normalized spacial score (nSPS) is 12.7. The maximum Gasteiger partial charge on any atom is 0.0713 e. The molecule has 0 saturated carbocycles. The van der Waals surface area contributed by atoms with E-state index in [0.29, 0.717) is 0 Å². The number of nitrogens with zero attached hydrogens (tertiary/aromatic N) is 2. The van der Waals surface area contributed by atoms with E-state index >= 15 is 0 Å². The lowest BCUT2D eigenvalue weighted by molar-refractivity contribution is 0.768. The summed E-state index contributed by atoms with van der Waals surface area (Å²) in [5.41, 5.74) is 16.4. The molecule has 1 aliphatic rings. The molecule has 2 nitrogen and oxygen atoms in total. The van der Waals surface area contributed by atoms with Gasteiger partial charge in [0.25, 0.3) is 0 Å². The van der Waals surface area contributed by atoms with Crippen LogP contribution in [0.3, 0.4) is 0 Å². The van der Waals surface area contributed by atoms with Gasteiger partial charge in [0.1, 0.15) is 0 Å². The summed E-state index contributed by atoms with van der Waals surface area (Å²) in [6, 6.07) is 93.9. The first-order valence-electron chi connectivity index (χ1n) is 22.5.